The second-order valence-electron chi connectivity index (χ2n) is 6.52. The highest BCUT2D eigenvalue weighted by molar-refractivity contribution is 7.99. The number of nitrogens with zero attached hydrogens (tertiary/aromatic N) is 3. The monoisotopic (exact) mass is 430 g/mol. The molecule has 8 heteroatoms. The van der Waals surface area contributed by atoms with Gasteiger partial charge in [0, 0.05) is 12.2 Å². The number of rotatable bonds is 8. The smallest absolute Gasteiger partial charge is 0.234 e. The summed E-state index contributed by atoms with van der Waals surface area (Å²) >= 11 is 7.48. The molecule has 0 atom stereocenters. The van der Waals surface area contributed by atoms with E-state index in [1.54, 1.807) is 6.07 Å². The van der Waals surface area contributed by atoms with Crippen LogP contribution in [0.4, 0.5) is 5.69 Å². The molecule has 1 N–H and O–H groups in total. The van der Waals surface area contributed by atoms with E-state index >= 15 is 0 Å². The molecule has 0 saturated carbocycles. The molecule has 29 heavy (non-hydrogen) atoms. The molecule has 1 heterocycles. The van der Waals surface area contributed by atoms with Crippen LogP contribution in [0.1, 0.15) is 23.9 Å². The molecule has 152 valence electrons. The summed E-state index contributed by atoms with van der Waals surface area (Å²) in [5.41, 5.74) is 2.97. The van der Waals surface area contributed by atoms with E-state index < -0.39 is 0 Å². The Morgan fingerprint density at radius 1 is 1.21 bits per heavy atom. The van der Waals surface area contributed by atoms with Crippen LogP contribution in [-0.2, 0) is 17.9 Å². The fourth-order valence-corrected chi connectivity index (χ4v) is 3.75. The quantitative estimate of drug-likeness (QED) is 0.516. The highest BCUT2D eigenvalue weighted by Crippen LogP contribution is 2.25. The molecule has 0 spiro atoms. The minimum absolute atomic E-state index is 0.0804. The van der Waals surface area contributed by atoms with Crippen molar-refractivity contribution in [1.82, 2.24) is 14.8 Å². The molecule has 0 aliphatic carbocycles. The van der Waals surface area contributed by atoms with Gasteiger partial charge in [-0.2, -0.15) is 0 Å². The largest absolute Gasteiger partial charge is 0.484 e. The lowest BCUT2D eigenvalue weighted by Gasteiger charge is -2.10. The summed E-state index contributed by atoms with van der Waals surface area (Å²) in [5.74, 6) is 1.45. The van der Waals surface area contributed by atoms with Crippen molar-refractivity contribution in [3.63, 3.8) is 0 Å². The summed E-state index contributed by atoms with van der Waals surface area (Å²) in [6.45, 7) is 6.90. The summed E-state index contributed by atoms with van der Waals surface area (Å²) in [4.78, 5) is 12.4. The van der Waals surface area contributed by atoms with E-state index in [-0.39, 0.29) is 18.3 Å². The van der Waals surface area contributed by atoms with Crippen molar-refractivity contribution in [2.24, 2.45) is 0 Å². The molecule has 1 amide bonds. The first-order chi connectivity index (χ1) is 14.0. The van der Waals surface area contributed by atoms with Crippen molar-refractivity contribution in [3.05, 3.63) is 64.4 Å². The van der Waals surface area contributed by atoms with E-state index in [1.807, 2.05) is 61.7 Å². The zero-order valence-electron chi connectivity index (χ0n) is 16.6. The molecular formula is C21H23ClN4O2S. The van der Waals surface area contributed by atoms with Crippen LogP contribution >= 0.6 is 23.4 Å². The van der Waals surface area contributed by atoms with Crippen molar-refractivity contribution in [2.75, 3.05) is 11.1 Å². The van der Waals surface area contributed by atoms with Crippen molar-refractivity contribution in [3.8, 4) is 5.75 Å². The normalized spacial score (nSPS) is 10.8. The lowest BCUT2D eigenvalue weighted by atomic mass is 10.1. The maximum Gasteiger partial charge on any atom is 0.234 e. The summed E-state index contributed by atoms with van der Waals surface area (Å²) in [6.07, 6.45) is 0. The van der Waals surface area contributed by atoms with E-state index in [0.29, 0.717) is 28.3 Å². The number of halogens is 1. The molecule has 2 aromatic carbocycles. The van der Waals surface area contributed by atoms with Gasteiger partial charge in [-0.3, -0.25) is 4.79 Å². The predicted octanol–water partition coefficient (Wildman–Crippen LogP) is 4.88. The molecular weight excluding hydrogens is 408 g/mol. The minimum Gasteiger partial charge on any atom is -0.484 e. The number of nitrogens with one attached hydrogen (secondary N) is 1. The number of hydrogen-bond acceptors (Lipinski definition) is 5. The highest BCUT2D eigenvalue weighted by Gasteiger charge is 2.14. The van der Waals surface area contributed by atoms with Crippen molar-refractivity contribution in [1.29, 1.82) is 0 Å². The maximum atomic E-state index is 12.4. The lowest BCUT2D eigenvalue weighted by Crippen LogP contribution is -2.15. The van der Waals surface area contributed by atoms with Gasteiger partial charge in [0.2, 0.25) is 5.91 Å². The fraction of sp³-hybridized carbons (Fsp3) is 0.286. The molecule has 0 aliphatic heterocycles. The molecule has 0 fully saturated rings. The summed E-state index contributed by atoms with van der Waals surface area (Å²) in [7, 11) is 0. The summed E-state index contributed by atoms with van der Waals surface area (Å²) in [5, 5.41) is 12.6. The molecule has 1 aromatic heterocycles. The Morgan fingerprint density at radius 2 is 2.00 bits per heavy atom. The SMILES string of the molecule is CCn1c(COc2ccccc2Cl)nnc1SCC(=O)Nc1cc(C)ccc1C. The number of amides is 1. The molecule has 0 bridgehead atoms. The van der Waals surface area contributed by atoms with Crippen molar-refractivity contribution in [2.45, 2.75) is 39.1 Å². The number of para-hydroxylation sites is 1. The van der Waals surface area contributed by atoms with Crippen LogP contribution in [0.15, 0.2) is 47.6 Å². The average Bonchev–Trinajstić information content (AvgIpc) is 3.10. The van der Waals surface area contributed by atoms with Crippen LogP contribution in [-0.4, -0.2) is 26.4 Å². The Bertz CT molecular complexity index is 1010. The second kappa shape index (κ2) is 9.80. The van der Waals surface area contributed by atoms with Gasteiger partial charge in [-0.25, -0.2) is 0 Å². The van der Waals surface area contributed by atoms with E-state index in [0.717, 1.165) is 16.8 Å². The van der Waals surface area contributed by atoms with Gasteiger partial charge < -0.3 is 14.6 Å². The number of benzene rings is 2. The van der Waals surface area contributed by atoms with E-state index in [4.69, 9.17) is 16.3 Å². The topological polar surface area (TPSA) is 69.0 Å². The Kier molecular flexibility index (Phi) is 7.17. The third-order valence-corrected chi connectivity index (χ3v) is 5.58. The molecule has 6 nitrogen and oxygen atoms in total. The third-order valence-electron chi connectivity index (χ3n) is 4.30. The molecule has 0 aliphatic rings. The zero-order chi connectivity index (χ0) is 20.8. The van der Waals surface area contributed by atoms with Gasteiger partial charge in [0.05, 0.1) is 10.8 Å². The number of aromatic nitrogens is 3. The summed E-state index contributed by atoms with van der Waals surface area (Å²) in [6, 6.07) is 13.3. The van der Waals surface area contributed by atoms with Crippen LogP contribution in [0.2, 0.25) is 5.02 Å². The Labute approximate surface area is 179 Å². The van der Waals surface area contributed by atoms with Crippen LogP contribution in [0.5, 0.6) is 5.75 Å². The van der Waals surface area contributed by atoms with E-state index in [9.17, 15) is 4.79 Å². The van der Waals surface area contributed by atoms with Gasteiger partial charge in [0.1, 0.15) is 12.4 Å². The van der Waals surface area contributed by atoms with Crippen LogP contribution < -0.4 is 10.1 Å². The number of aryl methyl sites for hydroxylation is 2. The first-order valence-electron chi connectivity index (χ1n) is 9.27. The van der Waals surface area contributed by atoms with Crippen LogP contribution in [0.3, 0.4) is 0 Å². The predicted molar refractivity (Wildman–Crippen MR) is 117 cm³/mol. The minimum atomic E-state index is -0.0804. The number of ether oxygens (including phenoxy) is 1. The summed E-state index contributed by atoms with van der Waals surface area (Å²) < 4.78 is 7.70. The highest BCUT2D eigenvalue weighted by atomic mass is 35.5. The third kappa shape index (κ3) is 5.52. The number of anilines is 1. The van der Waals surface area contributed by atoms with Gasteiger partial charge in [-0.15, -0.1) is 10.2 Å². The van der Waals surface area contributed by atoms with Gasteiger partial charge >= 0.3 is 0 Å². The van der Waals surface area contributed by atoms with Gasteiger partial charge in [0.15, 0.2) is 11.0 Å². The Hall–Kier alpha value is -2.51. The number of carbonyl (C=O) groups excluding carboxylic acids is 1. The number of hydrogen-bond donors (Lipinski definition) is 1. The number of thioether (sulfide) groups is 1. The zero-order valence-corrected chi connectivity index (χ0v) is 18.2. The molecule has 0 saturated heterocycles. The van der Waals surface area contributed by atoms with E-state index in [2.05, 4.69) is 15.5 Å². The first-order valence-corrected chi connectivity index (χ1v) is 10.6. The van der Waals surface area contributed by atoms with Gasteiger partial charge in [0.25, 0.3) is 0 Å². The molecule has 0 unspecified atom stereocenters. The van der Waals surface area contributed by atoms with Crippen LogP contribution in [0.25, 0.3) is 0 Å². The van der Waals surface area contributed by atoms with Crippen molar-refractivity contribution < 1.29 is 9.53 Å². The second-order valence-corrected chi connectivity index (χ2v) is 7.87. The van der Waals surface area contributed by atoms with Crippen molar-refractivity contribution >= 4 is 35.0 Å². The van der Waals surface area contributed by atoms with Gasteiger partial charge in [-0.1, -0.05) is 47.6 Å². The van der Waals surface area contributed by atoms with Gasteiger partial charge in [-0.05, 0) is 50.1 Å². The standard InChI is InChI=1S/C21H23ClN4O2S/c1-4-26-19(12-28-18-8-6-5-7-16(18)22)24-25-21(26)29-13-20(27)23-17-11-14(2)9-10-15(17)3/h5-11H,4,12-13H2,1-3H3,(H,23,27). The molecule has 3 rings (SSSR count). The first kappa shape index (κ1) is 21.2. The Morgan fingerprint density at radius 3 is 2.76 bits per heavy atom. The average molecular weight is 431 g/mol. The molecule has 3 aromatic rings. The maximum absolute atomic E-state index is 12.4. The number of carbonyl (C=O) groups is 1. The molecule has 0 radical (unpaired) electrons. The fourth-order valence-electron chi connectivity index (χ4n) is 2.74. The van der Waals surface area contributed by atoms with E-state index in [1.165, 1.54) is 11.8 Å². The Balaban J connectivity index is 1.60. The van der Waals surface area contributed by atoms with Crippen LogP contribution in [0, 0.1) is 13.8 Å². The lowest BCUT2D eigenvalue weighted by molar-refractivity contribution is -0.113.